The van der Waals surface area contributed by atoms with E-state index >= 15 is 0 Å². The van der Waals surface area contributed by atoms with E-state index in [2.05, 4.69) is 26.0 Å². The maximum atomic E-state index is 13.8. The Balaban J connectivity index is 1.58. The maximum Gasteiger partial charge on any atom is 0.246 e. The lowest BCUT2D eigenvalue weighted by molar-refractivity contribution is -0.117. The third kappa shape index (κ3) is 2.97. The summed E-state index contributed by atoms with van der Waals surface area (Å²) in [5.41, 5.74) is 1.37. The summed E-state index contributed by atoms with van der Waals surface area (Å²) in [6.45, 7) is 1.43. The summed E-state index contributed by atoms with van der Waals surface area (Å²) >= 11 is 3.18. The van der Waals surface area contributed by atoms with Crippen molar-refractivity contribution >= 4 is 44.2 Å². The predicted octanol–water partition coefficient (Wildman–Crippen LogP) is 2.72. The van der Waals surface area contributed by atoms with E-state index in [1.165, 1.54) is 6.07 Å². The van der Waals surface area contributed by atoms with Crippen LogP contribution in [-0.4, -0.2) is 40.3 Å². The van der Waals surface area contributed by atoms with Crippen LogP contribution >= 0.6 is 15.9 Å². The minimum absolute atomic E-state index is 0.0110. The predicted molar refractivity (Wildman–Crippen MR) is 97.2 cm³/mol. The van der Waals surface area contributed by atoms with Crippen molar-refractivity contribution in [2.24, 2.45) is 7.05 Å². The number of fused-ring (bicyclic) bond motifs is 1. The van der Waals surface area contributed by atoms with E-state index < -0.39 is 0 Å². The quantitative estimate of drug-likeness (QED) is 0.659. The van der Waals surface area contributed by atoms with Crippen LogP contribution in [0.25, 0.3) is 10.9 Å². The van der Waals surface area contributed by atoms with Crippen molar-refractivity contribution in [2.45, 2.75) is 0 Å². The first-order valence-corrected chi connectivity index (χ1v) is 8.60. The second kappa shape index (κ2) is 6.11. The lowest BCUT2D eigenvalue weighted by Crippen LogP contribution is -2.50. The molecule has 0 bridgehead atoms. The number of aromatic nitrogens is 3. The second-order valence-corrected chi connectivity index (χ2v) is 6.82. The molecule has 0 spiro atoms. The molecule has 8 heteroatoms. The summed E-state index contributed by atoms with van der Waals surface area (Å²) < 4.78 is 15.8. The SMILES string of the molecule is Cn1cc(N2CCN(c3ccc4cc(Br)c(F)cc4n3)CC2=O)cn1. The Labute approximate surface area is 152 Å². The number of carbonyl (C=O) groups excluding carboxylic acids is 1. The van der Waals surface area contributed by atoms with Gasteiger partial charge in [0.15, 0.2) is 0 Å². The van der Waals surface area contributed by atoms with Gasteiger partial charge in [-0.15, -0.1) is 0 Å². The number of amides is 1. The second-order valence-electron chi connectivity index (χ2n) is 5.97. The van der Waals surface area contributed by atoms with Gasteiger partial charge in [-0.05, 0) is 34.1 Å². The third-order valence-corrected chi connectivity index (χ3v) is 4.87. The zero-order valence-electron chi connectivity index (χ0n) is 13.5. The van der Waals surface area contributed by atoms with Gasteiger partial charge in [-0.25, -0.2) is 9.37 Å². The number of hydrogen-bond donors (Lipinski definition) is 0. The van der Waals surface area contributed by atoms with E-state index in [0.29, 0.717) is 28.9 Å². The van der Waals surface area contributed by atoms with Gasteiger partial charge in [-0.1, -0.05) is 0 Å². The first kappa shape index (κ1) is 16.0. The van der Waals surface area contributed by atoms with Crippen molar-refractivity contribution in [1.82, 2.24) is 14.8 Å². The number of benzene rings is 1. The Morgan fingerprint density at radius 1 is 1.24 bits per heavy atom. The number of hydrogen-bond acceptors (Lipinski definition) is 4. The highest BCUT2D eigenvalue weighted by Crippen LogP contribution is 2.25. The molecule has 6 nitrogen and oxygen atoms in total. The van der Waals surface area contributed by atoms with Crippen LogP contribution < -0.4 is 9.80 Å². The van der Waals surface area contributed by atoms with E-state index in [1.54, 1.807) is 21.8 Å². The maximum absolute atomic E-state index is 13.8. The number of aryl methyl sites for hydroxylation is 1. The summed E-state index contributed by atoms with van der Waals surface area (Å²) in [5, 5.41) is 4.96. The average molecular weight is 404 g/mol. The number of carbonyl (C=O) groups is 1. The van der Waals surface area contributed by atoms with Crippen LogP contribution in [0.1, 0.15) is 0 Å². The van der Waals surface area contributed by atoms with Crippen molar-refractivity contribution < 1.29 is 9.18 Å². The molecule has 0 radical (unpaired) electrons. The van der Waals surface area contributed by atoms with Gasteiger partial charge < -0.3 is 9.80 Å². The van der Waals surface area contributed by atoms with E-state index in [9.17, 15) is 9.18 Å². The summed E-state index contributed by atoms with van der Waals surface area (Å²) in [5.74, 6) is 0.311. The van der Waals surface area contributed by atoms with E-state index in [1.807, 2.05) is 30.3 Å². The lowest BCUT2D eigenvalue weighted by atomic mass is 10.2. The van der Waals surface area contributed by atoms with Gasteiger partial charge >= 0.3 is 0 Å². The molecule has 1 aliphatic heterocycles. The Bertz CT molecular complexity index is 973. The Morgan fingerprint density at radius 3 is 2.80 bits per heavy atom. The van der Waals surface area contributed by atoms with Gasteiger partial charge in [0.1, 0.15) is 11.6 Å². The molecule has 1 fully saturated rings. The number of nitrogens with zero attached hydrogens (tertiary/aromatic N) is 5. The highest BCUT2D eigenvalue weighted by atomic mass is 79.9. The van der Waals surface area contributed by atoms with Crippen LogP contribution in [0.15, 0.2) is 41.1 Å². The van der Waals surface area contributed by atoms with Gasteiger partial charge in [0.25, 0.3) is 0 Å². The monoisotopic (exact) mass is 403 g/mol. The minimum Gasteiger partial charge on any atom is -0.345 e. The molecule has 2 aromatic heterocycles. The molecule has 1 amide bonds. The summed E-state index contributed by atoms with van der Waals surface area (Å²) in [6.07, 6.45) is 3.50. The third-order valence-electron chi connectivity index (χ3n) is 4.26. The molecule has 128 valence electrons. The van der Waals surface area contributed by atoms with Crippen molar-refractivity contribution in [1.29, 1.82) is 0 Å². The topological polar surface area (TPSA) is 54.3 Å². The molecular formula is C17H15BrFN5O. The Morgan fingerprint density at radius 2 is 2.08 bits per heavy atom. The number of pyridine rings is 1. The van der Waals surface area contributed by atoms with Crippen LogP contribution in [0.2, 0.25) is 0 Å². The van der Waals surface area contributed by atoms with Crippen LogP contribution in [0.4, 0.5) is 15.9 Å². The largest absolute Gasteiger partial charge is 0.345 e. The first-order chi connectivity index (χ1) is 12.0. The number of piperazine rings is 1. The molecule has 3 heterocycles. The molecule has 1 aliphatic rings. The normalized spacial score (nSPS) is 15.2. The number of halogens is 2. The van der Waals surface area contributed by atoms with Gasteiger partial charge in [-0.3, -0.25) is 9.48 Å². The van der Waals surface area contributed by atoms with Crippen molar-refractivity contribution in [3.63, 3.8) is 0 Å². The highest BCUT2D eigenvalue weighted by molar-refractivity contribution is 9.10. The smallest absolute Gasteiger partial charge is 0.246 e. The van der Waals surface area contributed by atoms with Crippen molar-refractivity contribution in [3.05, 3.63) is 46.9 Å². The van der Waals surface area contributed by atoms with Crippen LogP contribution in [-0.2, 0) is 11.8 Å². The van der Waals surface area contributed by atoms with E-state index in [-0.39, 0.29) is 18.3 Å². The fourth-order valence-electron chi connectivity index (χ4n) is 2.97. The average Bonchev–Trinajstić information content (AvgIpc) is 3.01. The lowest BCUT2D eigenvalue weighted by Gasteiger charge is -2.34. The molecule has 0 N–H and O–H groups in total. The van der Waals surface area contributed by atoms with Gasteiger partial charge in [-0.2, -0.15) is 5.10 Å². The Kier molecular flexibility index (Phi) is 3.91. The van der Waals surface area contributed by atoms with Crippen molar-refractivity contribution in [3.8, 4) is 0 Å². The molecule has 25 heavy (non-hydrogen) atoms. The zero-order chi connectivity index (χ0) is 17.6. The summed E-state index contributed by atoms with van der Waals surface area (Å²) in [4.78, 5) is 20.7. The molecule has 0 unspecified atom stereocenters. The summed E-state index contributed by atoms with van der Waals surface area (Å²) in [6, 6.07) is 6.85. The fraction of sp³-hybridized carbons (Fsp3) is 0.235. The Hall–Kier alpha value is -2.48. The molecule has 0 saturated carbocycles. The first-order valence-electron chi connectivity index (χ1n) is 7.81. The highest BCUT2D eigenvalue weighted by Gasteiger charge is 2.26. The van der Waals surface area contributed by atoms with Gasteiger partial charge in [0.05, 0.1) is 28.4 Å². The molecule has 4 rings (SSSR count). The van der Waals surface area contributed by atoms with E-state index in [4.69, 9.17) is 0 Å². The molecule has 0 atom stereocenters. The summed E-state index contributed by atoms with van der Waals surface area (Å²) in [7, 11) is 1.82. The van der Waals surface area contributed by atoms with Gasteiger partial charge in [0, 0.05) is 37.8 Å². The number of rotatable bonds is 2. The molecular weight excluding hydrogens is 389 g/mol. The molecule has 1 saturated heterocycles. The van der Waals surface area contributed by atoms with Crippen LogP contribution in [0, 0.1) is 5.82 Å². The molecule has 0 aliphatic carbocycles. The van der Waals surface area contributed by atoms with Gasteiger partial charge in [0.2, 0.25) is 5.91 Å². The molecule has 3 aromatic rings. The number of anilines is 2. The van der Waals surface area contributed by atoms with Crippen LogP contribution in [0.3, 0.4) is 0 Å². The van der Waals surface area contributed by atoms with Crippen LogP contribution in [0.5, 0.6) is 0 Å². The molecule has 1 aromatic carbocycles. The zero-order valence-corrected chi connectivity index (χ0v) is 15.1. The minimum atomic E-state index is -0.352. The van der Waals surface area contributed by atoms with E-state index in [0.717, 1.165) is 11.1 Å². The fourth-order valence-corrected chi connectivity index (χ4v) is 3.33. The standard InChI is InChI=1S/C17H15BrFN5O/c1-22-9-12(8-20-22)24-5-4-23(10-17(24)25)16-3-2-11-6-13(18)14(19)7-15(11)21-16/h2-3,6-9H,4-5,10H2,1H3. The van der Waals surface area contributed by atoms with Crippen molar-refractivity contribution in [2.75, 3.05) is 29.4 Å².